The molecule has 18 heavy (non-hydrogen) atoms. The van der Waals surface area contributed by atoms with E-state index in [1.807, 2.05) is 18.2 Å². The summed E-state index contributed by atoms with van der Waals surface area (Å²) in [5.41, 5.74) is 6.36. The molecule has 0 spiro atoms. The van der Waals surface area contributed by atoms with Gasteiger partial charge < -0.3 is 15.8 Å². The minimum Gasteiger partial charge on any atom is -0.492 e. The monoisotopic (exact) mass is 249 g/mol. The van der Waals surface area contributed by atoms with Crippen LogP contribution in [0, 0.1) is 0 Å². The summed E-state index contributed by atoms with van der Waals surface area (Å²) < 4.78 is 5.61. The van der Waals surface area contributed by atoms with Crippen molar-refractivity contribution in [2.45, 2.75) is 6.42 Å². The van der Waals surface area contributed by atoms with E-state index in [2.05, 4.69) is 10.2 Å². The zero-order valence-corrected chi connectivity index (χ0v) is 10.4. The van der Waals surface area contributed by atoms with Crippen LogP contribution < -0.4 is 15.8 Å². The quantitative estimate of drug-likeness (QED) is 0.761. The molecule has 1 aliphatic heterocycles. The van der Waals surface area contributed by atoms with Gasteiger partial charge in [-0.2, -0.15) is 0 Å². The van der Waals surface area contributed by atoms with Crippen LogP contribution in [0.1, 0.15) is 6.42 Å². The fourth-order valence-electron chi connectivity index (χ4n) is 1.96. The van der Waals surface area contributed by atoms with Gasteiger partial charge in [0.1, 0.15) is 12.4 Å². The lowest BCUT2D eigenvalue weighted by Crippen LogP contribution is -2.35. The maximum atomic E-state index is 11.4. The number of anilines is 1. The van der Waals surface area contributed by atoms with E-state index in [1.54, 1.807) is 6.07 Å². The number of benzene rings is 1. The average Bonchev–Trinajstić information content (AvgIpc) is 2.54. The maximum Gasteiger partial charge on any atom is 0.234 e. The van der Waals surface area contributed by atoms with Crippen molar-refractivity contribution in [3.05, 3.63) is 24.3 Å². The van der Waals surface area contributed by atoms with Gasteiger partial charge in [-0.05, 0) is 18.6 Å². The van der Waals surface area contributed by atoms with E-state index in [0.717, 1.165) is 31.8 Å². The molecule has 1 aromatic rings. The van der Waals surface area contributed by atoms with Gasteiger partial charge >= 0.3 is 0 Å². The van der Waals surface area contributed by atoms with E-state index in [9.17, 15) is 4.79 Å². The van der Waals surface area contributed by atoms with E-state index in [0.29, 0.717) is 18.8 Å². The van der Waals surface area contributed by atoms with Gasteiger partial charge in [0.2, 0.25) is 5.91 Å². The first-order valence-electron chi connectivity index (χ1n) is 6.21. The number of hydrogen-bond acceptors (Lipinski definition) is 4. The van der Waals surface area contributed by atoms with Crippen LogP contribution >= 0.6 is 0 Å². The minimum absolute atomic E-state index is 0.0939. The highest BCUT2D eigenvalue weighted by Crippen LogP contribution is 2.14. The van der Waals surface area contributed by atoms with E-state index in [1.165, 1.54) is 0 Å². The standard InChI is InChI=1S/C13H19N3O2/c14-11-3-1-4-12(9-11)18-8-7-16-6-2-5-15-13(17)10-16/h1,3-4,9H,2,5-8,10,14H2,(H,15,17). The van der Waals surface area contributed by atoms with Crippen LogP contribution in [0.15, 0.2) is 24.3 Å². The Balaban J connectivity index is 1.76. The summed E-state index contributed by atoms with van der Waals surface area (Å²) in [4.78, 5) is 13.5. The first-order chi connectivity index (χ1) is 8.74. The lowest BCUT2D eigenvalue weighted by atomic mass is 10.3. The first kappa shape index (κ1) is 12.7. The maximum absolute atomic E-state index is 11.4. The van der Waals surface area contributed by atoms with Gasteiger partial charge in [-0.15, -0.1) is 0 Å². The summed E-state index contributed by atoms with van der Waals surface area (Å²) >= 11 is 0. The van der Waals surface area contributed by atoms with Crippen molar-refractivity contribution in [3.8, 4) is 5.75 Å². The third-order valence-corrected chi connectivity index (χ3v) is 2.87. The molecule has 0 radical (unpaired) electrons. The number of amides is 1. The number of carbonyl (C=O) groups is 1. The van der Waals surface area contributed by atoms with Crippen LogP contribution in [-0.4, -0.2) is 43.6 Å². The Kier molecular flexibility index (Phi) is 4.41. The fraction of sp³-hybridized carbons (Fsp3) is 0.462. The lowest BCUT2D eigenvalue weighted by molar-refractivity contribution is -0.121. The summed E-state index contributed by atoms with van der Waals surface area (Å²) in [6, 6.07) is 7.37. The zero-order chi connectivity index (χ0) is 12.8. The number of ether oxygens (including phenoxy) is 1. The van der Waals surface area contributed by atoms with Gasteiger partial charge in [0.15, 0.2) is 0 Å². The Morgan fingerprint density at radius 2 is 2.33 bits per heavy atom. The molecule has 1 aliphatic rings. The Labute approximate surface area is 107 Å². The normalized spacial score (nSPS) is 17.0. The van der Waals surface area contributed by atoms with E-state index < -0.39 is 0 Å². The van der Waals surface area contributed by atoms with Crippen molar-refractivity contribution in [2.24, 2.45) is 0 Å². The molecule has 1 heterocycles. The van der Waals surface area contributed by atoms with Crippen molar-refractivity contribution >= 4 is 11.6 Å². The molecule has 1 aromatic carbocycles. The number of nitrogens with zero attached hydrogens (tertiary/aromatic N) is 1. The number of nitrogens with one attached hydrogen (secondary N) is 1. The molecule has 5 heteroatoms. The molecule has 1 amide bonds. The smallest absolute Gasteiger partial charge is 0.234 e. The molecule has 0 aliphatic carbocycles. The second kappa shape index (κ2) is 6.26. The van der Waals surface area contributed by atoms with Crippen molar-refractivity contribution in [1.29, 1.82) is 0 Å². The molecule has 2 rings (SSSR count). The molecule has 0 saturated carbocycles. The van der Waals surface area contributed by atoms with E-state index >= 15 is 0 Å². The molecule has 98 valence electrons. The van der Waals surface area contributed by atoms with Crippen LogP contribution in [0.5, 0.6) is 5.75 Å². The molecule has 0 unspecified atom stereocenters. The van der Waals surface area contributed by atoms with E-state index in [4.69, 9.17) is 10.5 Å². The van der Waals surface area contributed by atoms with Crippen molar-refractivity contribution in [3.63, 3.8) is 0 Å². The van der Waals surface area contributed by atoms with Crippen LogP contribution in [0.25, 0.3) is 0 Å². The number of carbonyl (C=O) groups excluding carboxylic acids is 1. The summed E-state index contributed by atoms with van der Waals surface area (Å²) in [7, 11) is 0. The molecule has 0 bridgehead atoms. The Morgan fingerprint density at radius 3 is 3.17 bits per heavy atom. The van der Waals surface area contributed by atoms with Gasteiger partial charge in [-0.3, -0.25) is 9.69 Å². The fourth-order valence-corrected chi connectivity index (χ4v) is 1.96. The predicted molar refractivity (Wildman–Crippen MR) is 70.4 cm³/mol. The second-order valence-corrected chi connectivity index (χ2v) is 4.40. The van der Waals surface area contributed by atoms with Crippen molar-refractivity contribution in [1.82, 2.24) is 10.2 Å². The molecule has 3 N–H and O–H groups in total. The summed E-state index contributed by atoms with van der Waals surface area (Å²) in [6.45, 7) is 3.48. The lowest BCUT2D eigenvalue weighted by Gasteiger charge is -2.18. The number of nitrogen functional groups attached to an aromatic ring is 1. The minimum atomic E-state index is 0.0939. The Morgan fingerprint density at radius 1 is 1.44 bits per heavy atom. The van der Waals surface area contributed by atoms with Crippen molar-refractivity contribution < 1.29 is 9.53 Å². The Hall–Kier alpha value is -1.75. The molecule has 1 fully saturated rings. The third kappa shape index (κ3) is 3.92. The molecule has 5 nitrogen and oxygen atoms in total. The summed E-state index contributed by atoms with van der Waals surface area (Å²) in [6.07, 6.45) is 0.990. The van der Waals surface area contributed by atoms with Crippen LogP contribution in [0.4, 0.5) is 5.69 Å². The summed E-state index contributed by atoms with van der Waals surface area (Å²) in [5, 5.41) is 2.85. The number of nitrogens with two attached hydrogens (primary N) is 1. The summed E-state index contributed by atoms with van der Waals surface area (Å²) in [5.74, 6) is 0.866. The van der Waals surface area contributed by atoms with Gasteiger partial charge in [-0.25, -0.2) is 0 Å². The number of hydrogen-bond donors (Lipinski definition) is 2. The van der Waals surface area contributed by atoms with Crippen LogP contribution in [-0.2, 0) is 4.79 Å². The third-order valence-electron chi connectivity index (χ3n) is 2.87. The highest BCUT2D eigenvalue weighted by molar-refractivity contribution is 5.78. The topological polar surface area (TPSA) is 67.6 Å². The highest BCUT2D eigenvalue weighted by atomic mass is 16.5. The highest BCUT2D eigenvalue weighted by Gasteiger charge is 2.13. The van der Waals surface area contributed by atoms with E-state index in [-0.39, 0.29) is 5.91 Å². The van der Waals surface area contributed by atoms with Crippen molar-refractivity contribution in [2.75, 3.05) is 38.5 Å². The Bertz CT molecular complexity index is 409. The van der Waals surface area contributed by atoms with Gasteiger partial charge in [0.05, 0.1) is 6.54 Å². The first-order valence-corrected chi connectivity index (χ1v) is 6.21. The molecular weight excluding hydrogens is 230 g/mol. The van der Waals surface area contributed by atoms with Gasteiger partial charge in [-0.1, -0.05) is 6.07 Å². The molecule has 1 saturated heterocycles. The van der Waals surface area contributed by atoms with Crippen LogP contribution in [0.2, 0.25) is 0 Å². The largest absolute Gasteiger partial charge is 0.492 e. The molecule has 0 atom stereocenters. The second-order valence-electron chi connectivity index (χ2n) is 4.40. The average molecular weight is 249 g/mol. The zero-order valence-electron chi connectivity index (χ0n) is 10.4. The van der Waals surface area contributed by atoms with Gasteiger partial charge in [0, 0.05) is 31.4 Å². The predicted octanol–water partition coefficient (Wildman–Crippen LogP) is 0.470. The number of rotatable bonds is 4. The molecule has 0 aromatic heterocycles. The SMILES string of the molecule is Nc1cccc(OCCN2CCCNC(=O)C2)c1. The molecular formula is C13H19N3O2. The van der Waals surface area contributed by atoms with Crippen LogP contribution in [0.3, 0.4) is 0 Å². The van der Waals surface area contributed by atoms with Gasteiger partial charge in [0.25, 0.3) is 0 Å².